The van der Waals surface area contributed by atoms with Gasteiger partial charge in [-0.15, -0.1) is 0 Å². The van der Waals surface area contributed by atoms with E-state index in [-0.39, 0.29) is 0 Å². The van der Waals surface area contributed by atoms with E-state index in [4.69, 9.17) is 9.97 Å². The average molecular weight is 375 g/mol. The molecule has 1 aromatic heterocycles. The second-order valence-corrected chi connectivity index (χ2v) is 6.13. The van der Waals surface area contributed by atoms with Gasteiger partial charge in [0.2, 0.25) is 0 Å². The number of fused-ring (bicyclic) bond motifs is 1. The highest BCUT2D eigenvalue weighted by molar-refractivity contribution is 9.08. The molecule has 0 aliphatic heterocycles. The second kappa shape index (κ2) is 6.54. The number of rotatable bonds is 3. The van der Waals surface area contributed by atoms with Gasteiger partial charge in [-0.05, 0) is 11.6 Å². The summed E-state index contributed by atoms with van der Waals surface area (Å²) in [4.78, 5) is 9.73. The molecule has 0 saturated carbocycles. The molecule has 24 heavy (non-hydrogen) atoms. The number of aromatic nitrogens is 2. The van der Waals surface area contributed by atoms with Gasteiger partial charge in [0.1, 0.15) is 0 Å². The molecule has 0 saturated heterocycles. The van der Waals surface area contributed by atoms with Crippen LogP contribution in [0.5, 0.6) is 0 Å². The van der Waals surface area contributed by atoms with E-state index in [2.05, 4.69) is 46.3 Å². The monoisotopic (exact) mass is 374 g/mol. The van der Waals surface area contributed by atoms with E-state index in [1.54, 1.807) is 0 Å². The van der Waals surface area contributed by atoms with Gasteiger partial charge in [0, 0.05) is 21.8 Å². The number of hydrogen-bond acceptors (Lipinski definition) is 2. The summed E-state index contributed by atoms with van der Waals surface area (Å²) in [6, 6.07) is 26.7. The van der Waals surface area contributed by atoms with Crippen molar-refractivity contribution in [3.05, 3.63) is 84.4 Å². The molecule has 0 bridgehead atoms. The molecule has 3 heteroatoms. The minimum Gasteiger partial charge on any atom is -0.228 e. The molecule has 0 aliphatic carbocycles. The summed E-state index contributed by atoms with van der Waals surface area (Å²) < 4.78 is 0. The third kappa shape index (κ3) is 2.72. The Morgan fingerprint density at radius 2 is 1.42 bits per heavy atom. The molecular formula is C21H15BrN2. The molecule has 3 aromatic carbocycles. The lowest BCUT2D eigenvalue weighted by Crippen LogP contribution is -1.97. The number of para-hydroxylation sites is 1. The number of halogens is 1. The van der Waals surface area contributed by atoms with Crippen LogP contribution in [0.15, 0.2) is 78.9 Å². The van der Waals surface area contributed by atoms with Crippen molar-refractivity contribution in [2.75, 3.05) is 0 Å². The molecule has 1 heterocycles. The lowest BCUT2D eigenvalue weighted by Gasteiger charge is -2.11. The Bertz CT molecular complexity index is 997. The van der Waals surface area contributed by atoms with E-state index in [0.29, 0.717) is 0 Å². The molecule has 0 unspecified atom stereocenters. The molecule has 0 atom stereocenters. The summed E-state index contributed by atoms with van der Waals surface area (Å²) in [6.45, 7) is 0. The Balaban J connectivity index is 2.02. The van der Waals surface area contributed by atoms with E-state index in [9.17, 15) is 0 Å². The van der Waals surface area contributed by atoms with Crippen LogP contribution in [0.1, 0.15) is 5.56 Å². The molecule has 2 nitrogen and oxygen atoms in total. The zero-order chi connectivity index (χ0) is 16.4. The van der Waals surface area contributed by atoms with Gasteiger partial charge in [-0.2, -0.15) is 0 Å². The number of hydrogen-bond donors (Lipinski definition) is 0. The summed E-state index contributed by atoms with van der Waals surface area (Å²) in [5.41, 5.74) is 5.30. The van der Waals surface area contributed by atoms with Gasteiger partial charge in [0.15, 0.2) is 5.82 Å². The first kappa shape index (κ1) is 15.0. The van der Waals surface area contributed by atoms with Crippen molar-refractivity contribution in [3.63, 3.8) is 0 Å². The molecule has 0 spiro atoms. The third-order valence-corrected chi connectivity index (χ3v) is 4.66. The Kier molecular flexibility index (Phi) is 4.09. The average Bonchev–Trinajstić information content (AvgIpc) is 2.67. The highest BCUT2D eigenvalue weighted by Crippen LogP contribution is 2.30. The highest BCUT2D eigenvalue weighted by Gasteiger charge is 2.12. The molecule has 4 rings (SSSR count). The fourth-order valence-corrected chi connectivity index (χ4v) is 3.36. The van der Waals surface area contributed by atoms with Gasteiger partial charge in [0.05, 0.1) is 11.2 Å². The number of alkyl halides is 1. The second-order valence-electron chi connectivity index (χ2n) is 5.57. The van der Waals surface area contributed by atoms with Crippen molar-refractivity contribution in [3.8, 4) is 22.6 Å². The van der Waals surface area contributed by atoms with Gasteiger partial charge in [-0.25, -0.2) is 9.97 Å². The van der Waals surface area contributed by atoms with Crippen LogP contribution in [0.2, 0.25) is 0 Å². The minimum atomic E-state index is 0.766. The SMILES string of the molecule is BrCc1ccccc1-c1nc(-c2ccccc2)c2ccccc2n1. The maximum Gasteiger partial charge on any atom is 0.160 e. The van der Waals surface area contributed by atoms with Crippen molar-refractivity contribution in [1.29, 1.82) is 0 Å². The fourth-order valence-electron chi connectivity index (χ4n) is 2.87. The fraction of sp³-hybridized carbons (Fsp3) is 0.0476. The summed E-state index contributed by atoms with van der Waals surface area (Å²) in [5, 5.41) is 1.85. The van der Waals surface area contributed by atoms with Crippen LogP contribution in [0.25, 0.3) is 33.5 Å². The Morgan fingerprint density at radius 1 is 0.708 bits per heavy atom. The van der Waals surface area contributed by atoms with Crippen molar-refractivity contribution in [1.82, 2.24) is 9.97 Å². The van der Waals surface area contributed by atoms with Crippen LogP contribution in [0, 0.1) is 0 Å². The standard InChI is InChI=1S/C21H15BrN2/c22-14-16-10-4-5-11-17(16)21-23-19-13-7-6-12-18(19)20(24-21)15-8-2-1-3-9-15/h1-13H,14H2. The first-order valence-corrected chi connectivity index (χ1v) is 8.95. The molecule has 4 aromatic rings. The first-order valence-electron chi connectivity index (χ1n) is 7.83. The van der Waals surface area contributed by atoms with E-state index in [1.807, 2.05) is 48.5 Å². The highest BCUT2D eigenvalue weighted by atomic mass is 79.9. The van der Waals surface area contributed by atoms with Crippen LogP contribution in [-0.2, 0) is 5.33 Å². The van der Waals surface area contributed by atoms with Crippen LogP contribution in [-0.4, -0.2) is 9.97 Å². The lowest BCUT2D eigenvalue weighted by molar-refractivity contribution is 1.21. The first-order chi connectivity index (χ1) is 11.9. The van der Waals surface area contributed by atoms with Crippen LogP contribution >= 0.6 is 15.9 Å². The normalized spacial score (nSPS) is 10.9. The van der Waals surface area contributed by atoms with Gasteiger partial charge >= 0.3 is 0 Å². The lowest BCUT2D eigenvalue weighted by atomic mass is 10.0. The summed E-state index contributed by atoms with van der Waals surface area (Å²) >= 11 is 3.56. The Labute approximate surface area is 149 Å². The van der Waals surface area contributed by atoms with Gasteiger partial charge in [-0.1, -0.05) is 88.7 Å². The Hall–Kier alpha value is -2.52. The molecule has 0 aliphatic rings. The van der Waals surface area contributed by atoms with Crippen molar-refractivity contribution in [2.24, 2.45) is 0 Å². The molecule has 0 fully saturated rings. The molecule has 116 valence electrons. The number of nitrogens with zero attached hydrogens (tertiary/aromatic N) is 2. The molecule has 0 N–H and O–H groups in total. The quantitative estimate of drug-likeness (QED) is 0.419. The predicted octanol–water partition coefficient (Wildman–Crippen LogP) is 5.86. The minimum absolute atomic E-state index is 0.766. The zero-order valence-electron chi connectivity index (χ0n) is 13.0. The topological polar surface area (TPSA) is 25.8 Å². The van der Waals surface area contributed by atoms with E-state index >= 15 is 0 Å². The van der Waals surface area contributed by atoms with Crippen molar-refractivity contribution in [2.45, 2.75) is 5.33 Å². The molecule has 0 radical (unpaired) electrons. The van der Waals surface area contributed by atoms with Gasteiger partial charge in [0.25, 0.3) is 0 Å². The van der Waals surface area contributed by atoms with Crippen molar-refractivity contribution < 1.29 is 0 Å². The largest absolute Gasteiger partial charge is 0.228 e. The van der Waals surface area contributed by atoms with E-state index in [1.165, 1.54) is 5.56 Å². The maximum absolute atomic E-state index is 4.92. The Morgan fingerprint density at radius 3 is 2.25 bits per heavy atom. The zero-order valence-corrected chi connectivity index (χ0v) is 14.6. The summed E-state index contributed by atoms with van der Waals surface area (Å²) in [6.07, 6.45) is 0. The van der Waals surface area contributed by atoms with Crippen LogP contribution < -0.4 is 0 Å². The number of benzene rings is 3. The van der Waals surface area contributed by atoms with E-state index in [0.717, 1.165) is 38.9 Å². The molecular weight excluding hydrogens is 360 g/mol. The smallest absolute Gasteiger partial charge is 0.160 e. The third-order valence-electron chi connectivity index (χ3n) is 4.05. The summed E-state index contributed by atoms with van der Waals surface area (Å²) in [7, 11) is 0. The van der Waals surface area contributed by atoms with Gasteiger partial charge in [-0.3, -0.25) is 0 Å². The van der Waals surface area contributed by atoms with Crippen LogP contribution in [0.3, 0.4) is 0 Å². The van der Waals surface area contributed by atoms with E-state index < -0.39 is 0 Å². The van der Waals surface area contributed by atoms with Crippen LogP contribution in [0.4, 0.5) is 0 Å². The maximum atomic E-state index is 4.92. The summed E-state index contributed by atoms with van der Waals surface area (Å²) in [5.74, 6) is 0.766. The van der Waals surface area contributed by atoms with Crippen molar-refractivity contribution >= 4 is 26.8 Å². The molecule has 0 amide bonds. The predicted molar refractivity (Wildman–Crippen MR) is 103 cm³/mol. The van der Waals surface area contributed by atoms with Gasteiger partial charge < -0.3 is 0 Å².